The third kappa shape index (κ3) is 3.90. The summed E-state index contributed by atoms with van der Waals surface area (Å²) in [7, 11) is -3.06. The van der Waals surface area contributed by atoms with Crippen LogP contribution in [-0.4, -0.2) is 5.78 Å². The molecule has 3 aromatic carbocycles. The van der Waals surface area contributed by atoms with Gasteiger partial charge in [0.25, 0.3) is 0 Å². The van der Waals surface area contributed by atoms with Crippen LogP contribution in [0.4, 0.5) is 0 Å². The van der Waals surface area contributed by atoms with Crippen LogP contribution in [0.2, 0.25) is 0 Å². The fourth-order valence-electron chi connectivity index (χ4n) is 3.22. The van der Waals surface area contributed by atoms with Gasteiger partial charge in [0.1, 0.15) is 5.78 Å². The predicted molar refractivity (Wildman–Crippen MR) is 112 cm³/mol. The molecule has 0 unspecified atom stereocenters. The molecule has 4 heteroatoms. The van der Waals surface area contributed by atoms with E-state index in [0.717, 1.165) is 20.6 Å². The zero-order valence-corrected chi connectivity index (χ0v) is 17.0. The van der Waals surface area contributed by atoms with Gasteiger partial charge >= 0.3 is 0 Å². The SMILES string of the molecule is CC(=O)C[C@H](c1ccc(Br)cc1)P(=O)(c1ccccc1)c1ccccc1. The van der Waals surface area contributed by atoms with E-state index in [9.17, 15) is 9.36 Å². The van der Waals surface area contributed by atoms with Gasteiger partial charge in [-0.25, -0.2) is 0 Å². The van der Waals surface area contributed by atoms with Gasteiger partial charge in [-0.1, -0.05) is 88.7 Å². The Morgan fingerprint density at radius 2 is 1.31 bits per heavy atom. The van der Waals surface area contributed by atoms with E-state index >= 15 is 0 Å². The molecule has 1 atom stereocenters. The summed E-state index contributed by atoms with van der Waals surface area (Å²) in [6.07, 6.45) is 0.239. The van der Waals surface area contributed by atoms with Crippen molar-refractivity contribution in [3.8, 4) is 0 Å². The molecule has 2 nitrogen and oxygen atoms in total. The largest absolute Gasteiger partial charge is 0.313 e. The maximum atomic E-state index is 14.6. The van der Waals surface area contributed by atoms with Crippen molar-refractivity contribution in [1.29, 1.82) is 0 Å². The van der Waals surface area contributed by atoms with E-state index in [0.29, 0.717) is 0 Å². The minimum Gasteiger partial charge on any atom is -0.313 e. The van der Waals surface area contributed by atoms with E-state index in [4.69, 9.17) is 0 Å². The van der Waals surface area contributed by atoms with Crippen molar-refractivity contribution >= 4 is 39.5 Å². The predicted octanol–water partition coefficient (Wildman–Crippen LogP) is 5.48. The van der Waals surface area contributed by atoms with E-state index < -0.39 is 12.8 Å². The smallest absolute Gasteiger partial charge is 0.150 e. The fourth-order valence-corrected chi connectivity index (χ4v) is 6.84. The molecule has 0 aliphatic carbocycles. The van der Waals surface area contributed by atoms with Crippen LogP contribution >= 0.6 is 23.1 Å². The van der Waals surface area contributed by atoms with Crippen molar-refractivity contribution in [1.82, 2.24) is 0 Å². The first-order valence-electron chi connectivity index (χ1n) is 8.47. The lowest BCUT2D eigenvalue weighted by molar-refractivity contribution is -0.117. The Morgan fingerprint density at radius 3 is 1.73 bits per heavy atom. The van der Waals surface area contributed by atoms with Gasteiger partial charge in [0.15, 0.2) is 7.14 Å². The van der Waals surface area contributed by atoms with Crippen LogP contribution in [0, 0.1) is 0 Å². The first-order chi connectivity index (χ1) is 12.5. The number of hydrogen-bond acceptors (Lipinski definition) is 2. The van der Waals surface area contributed by atoms with Crippen molar-refractivity contribution in [3.05, 3.63) is 95.0 Å². The van der Waals surface area contributed by atoms with Gasteiger partial charge in [-0.3, -0.25) is 4.79 Å². The summed E-state index contributed by atoms with van der Waals surface area (Å²) < 4.78 is 15.5. The molecule has 0 heterocycles. The summed E-state index contributed by atoms with van der Waals surface area (Å²) in [4.78, 5) is 12.1. The number of rotatable bonds is 6. The number of halogens is 1. The van der Waals surface area contributed by atoms with Crippen LogP contribution in [0.1, 0.15) is 24.6 Å². The standard InChI is InChI=1S/C22H20BrO2P/c1-17(24)16-22(18-12-14-19(23)15-13-18)26(25,20-8-4-2-5-9-20)21-10-6-3-7-11-21/h2-15,22H,16H2,1H3/t22-/m1/s1. The van der Waals surface area contributed by atoms with Crippen molar-refractivity contribution in [2.45, 2.75) is 19.0 Å². The van der Waals surface area contributed by atoms with Crippen LogP contribution in [-0.2, 0) is 9.36 Å². The zero-order chi connectivity index (χ0) is 18.6. The lowest BCUT2D eigenvalue weighted by Crippen LogP contribution is -2.22. The highest BCUT2D eigenvalue weighted by Crippen LogP contribution is 2.58. The van der Waals surface area contributed by atoms with Crippen molar-refractivity contribution < 1.29 is 9.36 Å². The number of ketones is 1. The average Bonchev–Trinajstić information content (AvgIpc) is 2.67. The van der Waals surface area contributed by atoms with Gasteiger partial charge in [-0.2, -0.15) is 0 Å². The third-order valence-corrected chi connectivity index (χ3v) is 8.47. The van der Waals surface area contributed by atoms with E-state index in [1.807, 2.05) is 84.9 Å². The van der Waals surface area contributed by atoms with Crippen LogP contribution in [0.3, 0.4) is 0 Å². The molecule has 0 N–H and O–H groups in total. The van der Waals surface area contributed by atoms with Crippen molar-refractivity contribution in [3.63, 3.8) is 0 Å². The van der Waals surface area contributed by atoms with Gasteiger partial charge < -0.3 is 4.57 Å². The third-order valence-electron chi connectivity index (χ3n) is 4.45. The van der Waals surface area contributed by atoms with Crippen LogP contribution in [0.15, 0.2) is 89.4 Å². The topological polar surface area (TPSA) is 34.1 Å². The normalized spacial score (nSPS) is 12.5. The highest BCUT2D eigenvalue weighted by molar-refractivity contribution is 9.10. The van der Waals surface area contributed by atoms with E-state index in [-0.39, 0.29) is 12.2 Å². The van der Waals surface area contributed by atoms with Crippen LogP contribution < -0.4 is 10.6 Å². The molecule has 0 radical (unpaired) electrons. The second kappa shape index (κ2) is 8.16. The maximum Gasteiger partial charge on any atom is 0.150 e. The molecule has 3 aromatic rings. The molecule has 26 heavy (non-hydrogen) atoms. The Kier molecular flexibility index (Phi) is 5.90. The van der Waals surface area contributed by atoms with Gasteiger partial charge in [0, 0.05) is 21.5 Å². The molecule has 0 amide bonds. The highest BCUT2D eigenvalue weighted by atomic mass is 79.9. The second-order valence-corrected chi connectivity index (χ2v) is 10.2. The van der Waals surface area contributed by atoms with E-state index in [1.165, 1.54) is 0 Å². The Morgan fingerprint density at radius 1 is 0.846 bits per heavy atom. The van der Waals surface area contributed by atoms with Gasteiger partial charge in [-0.05, 0) is 24.6 Å². The van der Waals surface area contributed by atoms with E-state index in [1.54, 1.807) is 6.92 Å². The van der Waals surface area contributed by atoms with Gasteiger partial charge in [0.2, 0.25) is 0 Å². The Balaban J connectivity index is 2.24. The lowest BCUT2D eigenvalue weighted by Gasteiger charge is -2.29. The quantitative estimate of drug-likeness (QED) is 0.488. The number of hydrogen-bond donors (Lipinski definition) is 0. The molecule has 0 bridgehead atoms. The number of Topliss-reactive ketones (excluding diaryl/α,β-unsaturated/α-hetero) is 1. The monoisotopic (exact) mass is 426 g/mol. The second-order valence-electron chi connectivity index (χ2n) is 6.30. The van der Waals surface area contributed by atoms with Gasteiger partial charge in [0.05, 0.1) is 5.66 Å². The first kappa shape index (κ1) is 18.8. The molecule has 0 saturated heterocycles. The molecular weight excluding hydrogens is 407 g/mol. The van der Waals surface area contributed by atoms with E-state index in [2.05, 4.69) is 15.9 Å². The summed E-state index contributed by atoms with van der Waals surface area (Å²) in [5.41, 5.74) is 0.525. The Labute approximate surface area is 162 Å². The summed E-state index contributed by atoms with van der Waals surface area (Å²) in [6.45, 7) is 1.56. The van der Waals surface area contributed by atoms with Crippen LogP contribution in [0.25, 0.3) is 0 Å². The minimum atomic E-state index is -3.06. The Bertz CT molecular complexity index is 878. The summed E-state index contributed by atoms with van der Waals surface area (Å²) in [5.74, 6) is 0.0324. The molecule has 0 spiro atoms. The lowest BCUT2D eigenvalue weighted by atomic mass is 10.1. The Hall–Kier alpha value is -1.96. The first-order valence-corrected chi connectivity index (χ1v) is 11.0. The molecule has 0 fully saturated rings. The molecule has 0 aromatic heterocycles. The van der Waals surface area contributed by atoms with Crippen LogP contribution in [0.5, 0.6) is 0 Å². The maximum absolute atomic E-state index is 14.6. The van der Waals surface area contributed by atoms with Crippen molar-refractivity contribution in [2.75, 3.05) is 0 Å². The number of benzene rings is 3. The highest BCUT2D eigenvalue weighted by Gasteiger charge is 2.38. The average molecular weight is 427 g/mol. The zero-order valence-electron chi connectivity index (χ0n) is 14.5. The molecule has 0 aliphatic heterocycles. The molecule has 132 valence electrons. The molecular formula is C22H20BrO2P. The summed E-state index contributed by atoms with van der Waals surface area (Å²) >= 11 is 3.45. The minimum absolute atomic E-state index is 0.0324. The fraction of sp³-hybridized carbons (Fsp3) is 0.136. The molecule has 0 saturated carbocycles. The molecule has 0 aliphatic rings. The van der Waals surface area contributed by atoms with Gasteiger partial charge in [-0.15, -0.1) is 0 Å². The molecule has 3 rings (SSSR count). The number of carbonyl (C=O) groups is 1. The summed E-state index contributed by atoms with van der Waals surface area (Å²) in [5, 5.41) is 1.56. The summed E-state index contributed by atoms with van der Waals surface area (Å²) in [6, 6.07) is 26.8. The number of carbonyl (C=O) groups excluding carboxylic acids is 1. The van der Waals surface area contributed by atoms with Crippen molar-refractivity contribution in [2.24, 2.45) is 0 Å².